The number of hydrogen-bond donors (Lipinski definition) is 1. The predicted molar refractivity (Wildman–Crippen MR) is 85.3 cm³/mol. The maximum atomic E-state index is 9.53. The normalized spacial score (nSPS) is 12.4. The number of aryl methyl sites for hydroxylation is 1. The molecule has 0 spiro atoms. The Hall–Kier alpha value is -1.02. The molecule has 0 radical (unpaired) electrons. The average molecular weight is 278 g/mol. The molecule has 0 aromatic heterocycles. The summed E-state index contributed by atoms with van der Waals surface area (Å²) in [5.41, 5.74) is 2.05. The molecule has 1 N–H and O–H groups in total. The smallest absolute Gasteiger partial charge is 0.122 e. The summed E-state index contributed by atoms with van der Waals surface area (Å²) in [6.45, 7) is 6.86. The van der Waals surface area contributed by atoms with Gasteiger partial charge in [-0.15, -0.1) is 0 Å². The highest BCUT2D eigenvalue weighted by molar-refractivity contribution is 5.36. The van der Waals surface area contributed by atoms with Crippen LogP contribution in [-0.2, 0) is 0 Å². The van der Waals surface area contributed by atoms with E-state index >= 15 is 0 Å². The maximum Gasteiger partial charge on any atom is 0.122 e. The Bertz CT molecular complexity index is 372. The number of aliphatic hydroxyl groups is 1. The molecule has 0 saturated carbocycles. The molecule has 0 aliphatic rings. The molecule has 1 aromatic carbocycles. The zero-order valence-electron chi connectivity index (χ0n) is 13.3. The molecule has 2 heteroatoms. The highest BCUT2D eigenvalue weighted by atomic mass is 16.5. The van der Waals surface area contributed by atoms with Gasteiger partial charge in [-0.25, -0.2) is 0 Å². The van der Waals surface area contributed by atoms with E-state index in [1.807, 2.05) is 25.1 Å². The third-order valence-electron chi connectivity index (χ3n) is 3.69. The summed E-state index contributed by atoms with van der Waals surface area (Å²) in [7, 11) is 0. The van der Waals surface area contributed by atoms with Gasteiger partial charge in [0.25, 0.3) is 0 Å². The summed E-state index contributed by atoms with van der Waals surface area (Å²) < 4.78 is 5.82. The van der Waals surface area contributed by atoms with Crippen LogP contribution in [0, 0.1) is 6.92 Å². The maximum absolute atomic E-state index is 9.53. The molecule has 0 aliphatic carbocycles. The second-order valence-electron chi connectivity index (χ2n) is 5.67. The lowest BCUT2D eigenvalue weighted by Crippen LogP contribution is -2.00. The van der Waals surface area contributed by atoms with Gasteiger partial charge in [-0.1, -0.05) is 51.5 Å². The highest BCUT2D eigenvalue weighted by Crippen LogP contribution is 2.23. The molecule has 1 rings (SSSR count). The Kier molecular flexibility index (Phi) is 8.36. The third kappa shape index (κ3) is 6.42. The zero-order valence-corrected chi connectivity index (χ0v) is 13.3. The van der Waals surface area contributed by atoms with E-state index in [-0.39, 0.29) is 0 Å². The minimum Gasteiger partial charge on any atom is -0.493 e. The summed E-state index contributed by atoms with van der Waals surface area (Å²) in [5, 5.41) is 9.53. The fraction of sp³-hybridized carbons (Fsp3) is 0.667. The van der Waals surface area contributed by atoms with Crippen molar-refractivity contribution in [1.29, 1.82) is 0 Å². The third-order valence-corrected chi connectivity index (χ3v) is 3.69. The van der Waals surface area contributed by atoms with E-state index in [2.05, 4.69) is 6.92 Å². The van der Waals surface area contributed by atoms with E-state index in [4.69, 9.17) is 4.74 Å². The van der Waals surface area contributed by atoms with Gasteiger partial charge in [0, 0.05) is 0 Å². The molecular formula is C18H30O2. The minimum atomic E-state index is -0.411. The number of aliphatic hydroxyl groups excluding tert-OH is 1. The molecule has 0 fully saturated rings. The molecule has 114 valence electrons. The van der Waals surface area contributed by atoms with Gasteiger partial charge >= 0.3 is 0 Å². The van der Waals surface area contributed by atoms with Crippen LogP contribution in [0.2, 0.25) is 0 Å². The molecule has 0 saturated heterocycles. The number of benzene rings is 1. The first-order chi connectivity index (χ1) is 9.65. The predicted octanol–water partition coefficient (Wildman–Crippen LogP) is 5.18. The molecule has 0 amide bonds. The number of hydrogen-bond acceptors (Lipinski definition) is 2. The Balaban J connectivity index is 2.19. The van der Waals surface area contributed by atoms with Crippen LogP contribution in [0.25, 0.3) is 0 Å². The van der Waals surface area contributed by atoms with E-state index in [0.717, 1.165) is 29.9 Å². The fourth-order valence-electron chi connectivity index (χ4n) is 2.34. The molecule has 20 heavy (non-hydrogen) atoms. The van der Waals surface area contributed by atoms with Gasteiger partial charge in [-0.05, 0) is 43.5 Å². The van der Waals surface area contributed by atoms with Gasteiger partial charge in [0.05, 0.1) is 12.7 Å². The van der Waals surface area contributed by atoms with Gasteiger partial charge in [0.15, 0.2) is 0 Å². The van der Waals surface area contributed by atoms with E-state index in [1.54, 1.807) is 6.92 Å². The lowest BCUT2D eigenvalue weighted by atomic mass is 10.1. The largest absolute Gasteiger partial charge is 0.493 e. The van der Waals surface area contributed by atoms with E-state index in [1.165, 1.54) is 38.5 Å². The van der Waals surface area contributed by atoms with E-state index in [9.17, 15) is 5.11 Å². The van der Waals surface area contributed by atoms with Crippen molar-refractivity contribution in [3.63, 3.8) is 0 Å². The fourth-order valence-corrected chi connectivity index (χ4v) is 2.34. The minimum absolute atomic E-state index is 0.411. The molecule has 1 atom stereocenters. The second kappa shape index (κ2) is 9.82. The molecule has 0 heterocycles. The number of ether oxygens (including phenoxy) is 1. The molecule has 0 aliphatic heterocycles. The molecule has 1 aromatic rings. The Morgan fingerprint density at radius 3 is 2.30 bits per heavy atom. The van der Waals surface area contributed by atoms with Crippen LogP contribution in [0.5, 0.6) is 5.75 Å². The standard InChI is InChI=1S/C18H30O2/c1-4-5-6-7-8-9-10-13-20-18-12-11-17(16(3)19)14-15(18)2/h11-12,14,16,19H,4-10,13H2,1-3H3. The van der Waals surface area contributed by atoms with E-state index < -0.39 is 6.10 Å². The summed E-state index contributed by atoms with van der Waals surface area (Å²) in [5.74, 6) is 0.945. The van der Waals surface area contributed by atoms with Crippen LogP contribution in [-0.4, -0.2) is 11.7 Å². The van der Waals surface area contributed by atoms with Gasteiger partial charge in [-0.2, -0.15) is 0 Å². The first-order valence-corrected chi connectivity index (χ1v) is 8.06. The second-order valence-corrected chi connectivity index (χ2v) is 5.67. The Labute approximate surface area is 124 Å². The van der Waals surface area contributed by atoms with Crippen LogP contribution in [0.3, 0.4) is 0 Å². The topological polar surface area (TPSA) is 29.5 Å². The lowest BCUT2D eigenvalue weighted by Gasteiger charge is -2.12. The summed E-state index contributed by atoms with van der Waals surface area (Å²) >= 11 is 0. The molecule has 2 nitrogen and oxygen atoms in total. The number of rotatable bonds is 10. The van der Waals surface area contributed by atoms with Crippen molar-refractivity contribution in [3.05, 3.63) is 29.3 Å². The van der Waals surface area contributed by atoms with Crippen molar-refractivity contribution >= 4 is 0 Å². The van der Waals surface area contributed by atoms with Crippen LogP contribution in [0.15, 0.2) is 18.2 Å². The van der Waals surface area contributed by atoms with Crippen molar-refractivity contribution in [2.24, 2.45) is 0 Å². The summed E-state index contributed by atoms with van der Waals surface area (Å²) in [6, 6.07) is 5.92. The first kappa shape index (κ1) is 17.0. The average Bonchev–Trinajstić information content (AvgIpc) is 2.43. The highest BCUT2D eigenvalue weighted by Gasteiger charge is 2.04. The monoisotopic (exact) mass is 278 g/mol. The lowest BCUT2D eigenvalue weighted by molar-refractivity contribution is 0.199. The molecule has 1 unspecified atom stereocenters. The van der Waals surface area contributed by atoms with Crippen LogP contribution in [0.4, 0.5) is 0 Å². The van der Waals surface area contributed by atoms with Gasteiger partial charge in [0.1, 0.15) is 5.75 Å². The van der Waals surface area contributed by atoms with E-state index in [0.29, 0.717) is 0 Å². The molecule has 0 bridgehead atoms. The van der Waals surface area contributed by atoms with Crippen molar-refractivity contribution in [2.45, 2.75) is 71.8 Å². The van der Waals surface area contributed by atoms with Crippen molar-refractivity contribution in [1.82, 2.24) is 0 Å². The summed E-state index contributed by atoms with van der Waals surface area (Å²) in [6.07, 6.45) is 8.70. The Morgan fingerprint density at radius 1 is 1.05 bits per heavy atom. The zero-order chi connectivity index (χ0) is 14.8. The van der Waals surface area contributed by atoms with Crippen LogP contribution < -0.4 is 4.74 Å². The van der Waals surface area contributed by atoms with Gasteiger partial charge in [-0.3, -0.25) is 0 Å². The van der Waals surface area contributed by atoms with Crippen molar-refractivity contribution < 1.29 is 9.84 Å². The SMILES string of the molecule is CCCCCCCCCOc1ccc(C(C)O)cc1C. The van der Waals surface area contributed by atoms with Crippen LogP contribution in [0.1, 0.15) is 76.0 Å². The van der Waals surface area contributed by atoms with Crippen LogP contribution >= 0.6 is 0 Å². The van der Waals surface area contributed by atoms with Gasteiger partial charge < -0.3 is 9.84 Å². The number of unbranched alkanes of at least 4 members (excludes halogenated alkanes) is 6. The quantitative estimate of drug-likeness (QED) is 0.598. The van der Waals surface area contributed by atoms with Crippen molar-refractivity contribution in [2.75, 3.05) is 6.61 Å². The Morgan fingerprint density at radius 2 is 1.70 bits per heavy atom. The first-order valence-electron chi connectivity index (χ1n) is 8.06. The molecular weight excluding hydrogens is 248 g/mol. The van der Waals surface area contributed by atoms with Gasteiger partial charge in [0.2, 0.25) is 0 Å². The summed E-state index contributed by atoms with van der Waals surface area (Å²) in [4.78, 5) is 0. The van der Waals surface area contributed by atoms with Crippen molar-refractivity contribution in [3.8, 4) is 5.75 Å².